The number of nitrogens with zero attached hydrogens (tertiary/aromatic N) is 3. The molecule has 0 saturated carbocycles. The number of benzene rings is 1. The van der Waals surface area contributed by atoms with Gasteiger partial charge in [-0.25, -0.2) is 0 Å². The van der Waals surface area contributed by atoms with Gasteiger partial charge in [-0.2, -0.15) is 5.10 Å². The Morgan fingerprint density at radius 3 is 2.81 bits per heavy atom. The molecule has 1 aliphatic rings. The summed E-state index contributed by atoms with van der Waals surface area (Å²) < 4.78 is 0. The second-order valence-electron chi connectivity index (χ2n) is 7.31. The van der Waals surface area contributed by atoms with Gasteiger partial charge in [-0.15, -0.1) is 0 Å². The summed E-state index contributed by atoms with van der Waals surface area (Å²) in [4.78, 5) is 4.98. The first-order valence-corrected chi connectivity index (χ1v) is 9.45. The predicted octanol–water partition coefficient (Wildman–Crippen LogP) is 2.91. The molecule has 1 atom stereocenters. The minimum absolute atomic E-state index is 0.241. The van der Waals surface area contributed by atoms with Crippen LogP contribution in [0, 0.1) is 0 Å². The summed E-state index contributed by atoms with van der Waals surface area (Å²) in [5, 5.41) is 16.9. The van der Waals surface area contributed by atoms with Crippen LogP contribution in [-0.2, 0) is 6.54 Å². The van der Waals surface area contributed by atoms with Gasteiger partial charge in [-0.3, -0.25) is 14.9 Å². The normalized spacial score (nSPS) is 18.8. The van der Waals surface area contributed by atoms with Gasteiger partial charge in [0, 0.05) is 50.9 Å². The van der Waals surface area contributed by atoms with Gasteiger partial charge in [0.25, 0.3) is 0 Å². The first kappa shape index (κ1) is 18.8. The van der Waals surface area contributed by atoms with E-state index in [0.717, 1.165) is 44.8 Å². The summed E-state index contributed by atoms with van der Waals surface area (Å²) in [6.07, 6.45) is 5.05. The number of H-pyrrole nitrogens is 1. The molecule has 0 spiro atoms. The van der Waals surface area contributed by atoms with Crippen LogP contribution in [0.4, 0.5) is 0 Å². The Morgan fingerprint density at radius 2 is 2.08 bits per heavy atom. The SMILES string of the molecule is CC(C)=CCN1CCN(Cc2cn[nH]c2-c2ccccc2)C[C@H]1CCO. The number of piperazine rings is 1. The monoisotopic (exact) mass is 354 g/mol. The number of hydrogen-bond acceptors (Lipinski definition) is 4. The Bertz CT molecular complexity index is 706. The van der Waals surface area contributed by atoms with E-state index in [-0.39, 0.29) is 6.61 Å². The molecule has 5 heteroatoms. The van der Waals surface area contributed by atoms with Crippen LogP contribution in [0.3, 0.4) is 0 Å². The average molecular weight is 354 g/mol. The van der Waals surface area contributed by atoms with E-state index in [0.29, 0.717) is 6.04 Å². The van der Waals surface area contributed by atoms with Crippen LogP contribution in [0.25, 0.3) is 11.3 Å². The van der Waals surface area contributed by atoms with Crippen LogP contribution in [-0.4, -0.2) is 63.9 Å². The largest absolute Gasteiger partial charge is 0.396 e. The molecule has 0 unspecified atom stereocenters. The lowest BCUT2D eigenvalue weighted by Crippen LogP contribution is -2.53. The molecular weight excluding hydrogens is 324 g/mol. The van der Waals surface area contributed by atoms with Crippen LogP contribution in [0.15, 0.2) is 48.2 Å². The summed E-state index contributed by atoms with van der Waals surface area (Å²) in [6.45, 7) is 9.44. The minimum Gasteiger partial charge on any atom is -0.396 e. The molecule has 0 amide bonds. The topological polar surface area (TPSA) is 55.4 Å². The lowest BCUT2D eigenvalue weighted by atomic mass is 10.1. The van der Waals surface area contributed by atoms with Crippen molar-refractivity contribution in [3.05, 3.63) is 53.7 Å². The molecule has 3 rings (SSSR count). The molecule has 0 aliphatic carbocycles. The van der Waals surface area contributed by atoms with Gasteiger partial charge in [-0.1, -0.05) is 42.0 Å². The number of rotatable bonds is 7. The van der Waals surface area contributed by atoms with Gasteiger partial charge in [-0.05, 0) is 25.8 Å². The zero-order valence-electron chi connectivity index (χ0n) is 15.9. The van der Waals surface area contributed by atoms with E-state index in [1.807, 2.05) is 12.3 Å². The van der Waals surface area contributed by atoms with E-state index in [4.69, 9.17) is 0 Å². The van der Waals surface area contributed by atoms with Crippen molar-refractivity contribution in [2.75, 3.05) is 32.8 Å². The summed E-state index contributed by atoms with van der Waals surface area (Å²) in [7, 11) is 0. The number of aliphatic hydroxyl groups is 1. The van der Waals surface area contributed by atoms with E-state index < -0.39 is 0 Å². The van der Waals surface area contributed by atoms with Crippen molar-refractivity contribution in [2.45, 2.75) is 32.9 Å². The van der Waals surface area contributed by atoms with Gasteiger partial charge in [0.05, 0.1) is 11.9 Å². The Morgan fingerprint density at radius 1 is 1.27 bits per heavy atom. The maximum absolute atomic E-state index is 9.47. The smallest absolute Gasteiger partial charge is 0.0695 e. The molecule has 1 aliphatic heterocycles. The van der Waals surface area contributed by atoms with E-state index in [1.165, 1.54) is 16.7 Å². The summed E-state index contributed by atoms with van der Waals surface area (Å²) >= 11 is 0. The molecule has 0 radical (unpaired) electrons. The highest BCUT2D eigenvalue weighted by Crippen LogP contribution is 2.23. The van der Waals surface area contributed by atoms with Crippen LogP contribution in [0.5, 0.6) is 0 Å². The molecule has 1 fully saturated rings. The highest BCUT2D eigenvalue weighted by molar-refractivity contribution is 5.62. The number of aliphatic hydroxyl groups excluding tert-OH is 1. The van der Waals surface area contributed by atoms with Crippen LogP contribution in [0.1, 0.15) is 25.8 Å². The first-order valence-electron chi connectivity index (χ1n) is 9.45. The number of hydrogen-bond donors (Lipinski definition) is 2. The van der Waals surface area contributed by atoms with Crippen molar-refractivity contribution in [1.29, 1.82) is 0 Å². The van der Waals surface area contributed by atoms with Crippen LogP contribution in [0.2, 0.25) is 0 Å². The second kappa shape index (κ2) is 9.12. The predicted molar refractivity (Wildman–Crippen MR) is 106 cm³/mol. The Labute approximate surface area is 156 Å². The summed E-state index contributed by atoms with van der Waals surface area (Å²) in [6, 6.07) is 10.8. The number of aromatic amines is 1. The Kier molecular flexibility index (Phi) is 6.61. The lowest BCUT2D eigenvalue weighted by molar-refractivity contribution is 0.0637. The molecule has 2 heterocycles. The van der Waals surface area contributed by atoms with E-state index in [1.54, 1.807) is 0 Å². The van der Waals surface area contributed by atoms with E-state index in [2.05, 4.69) is 64.2 Å². The molecule has 2 aromatic rings. The molecule has 1 aromatic heterocycles. The van der Waals surface area contributed by atoms with Gasteiger partial charge in [0.15, 0.2) is 0 Å². The van der Waals surface area contributed by atoms with E-state index in [9.17, 15) is 5.11 Å². The van der Waals surface area contributed by atoms with Gasteiger partial charge in [0.1, 0.15) is 0 Å². The van der Waals surface area contributed by atoms with Crippen molar-refractivity contribution in [3.63, 3.8) is 0 Å². The standard InChI is InChI=1S/C21H30N4O/c1-17(2)8-10-25-12-11-24(16-20(25)9-13-26)15-19-14-22-23-21(19)18-6-4-3-5-7-18/h3-8,14,20,26H,9-13,15-16H2,1-2H3,(H,22,23)/t20-/m1/s1. The summed E-state index contributed by atoms with van der Waals surface area (Å²) in [5.74, 6) is 0. The maximum Gasteiger partial charge on any atom is 0.0695 e. The second-order valence-corrected chi connectivity index (χ2v) is 7.31. The number of allylic oxidation sites excluding steroid dienone is 1. The zero-order chi connectivity index (χ0) is 18.4. The molecule has 5 nitrogen and oxygen atoms in total. The molecule has 26 heavy (non-hydrogen) atoms. The number of aromatic nitrogens is 2. The fourth-order valence-corrected chi connectivity index (χ4v) is 3.59. The third-order valence-electron chi connectivity index (χ3n) is 5.06. The molecule has 1 saturated heterocycles. The minimum atomic E-state index is 0.241. The third kappa shape index (κ3) is 4.81. The summed E-state index contributed by atoms with van der Waals surface area (Å²) in [5.41, 5.74) is 4.86. The Balaban J connectivity index is 1.67. The van der Waals surface area contributed by atoms with Gasteiger partial charge >= 0.3 is 0 Å². The molecular formula is C21H30N4O. The van der Waals surface area contributed by atoms with Gasteiger partial charge < -0.3 is 5.11 Å². The van der Waals surface area contributed by atoms with Crippen LogP contribution >= 0.6 is 0 Å². The van der Waals surface area contributed by atoms with E-state index >= 15 is 0 Å². The van der Waals surface area contributed by atoms with Crippen molar-refractivity contribution in [3.8, 4) is 11.3 Å². The van der Waals surface area contributed by atoms with Crippen molar-refractivity contribution in [2.24, 2.45) is 0 Å². The zero-order valence-corrected chi connectivity index (χ0v) is 15.9. The molecule has 140 valence electrons. The maximum atomic E-state index is 9.47. The fourth-order valence-electron chi connectivity index (χ4n) is 3.59. The van der Waals surface area contributed by atoms with Gasteiger partial charge in [0.2, 0.25) is 0 Å². The van der Waals surface area contributed by atoms with Crippen LogP contribution < -0.4 is 0 Å². The third-order valence-corrected chi connectivity index (χ3v) is 5.06. The quantitative estimate of drug-likeness (QED) is 0.751. The molecule has 0 bridgehead atoms. The fraction of sp³-hybridized carbons (Fsp3) is 0.476. The van der Waals surface area contributed by atoms with Crippen molar-refractivity contribution in [1.82, 2.24) is 20.0 Å². The Hall–Kier alpha value is -1.95. The number of nitrogens with one attached hydrogen (secondary N) is 1. The van der Waals surface area contributed by atoms with Crippen molar-refractivity contribution < 1.29 is 5.11 Å². The average Bonchev–Trinajstić information content (AvgIpc) is 3.10. The molecule has 2 N–H and O–H groups in total. The lowest BCUT2D eigenvalue weighted by Gasteiger charge is -2.41. The molecule has 1 aromatic carbocycles. The first-order chi connectivity index (χ1) is 12.7. The highest BCUT2D eigenvalue weighted by atomic mass is 16.3. The highest BCUT2D eigenvalue weighted by Gasteiger charge is 2.26. The van der Waals surface area contributed by atoms with Crippen molar-refractivity contribution >= 4 is 0 Å².